The molecule has 2 heterocycles. The van der Waals surface area contributed by atoms with Crippen LogP contribution in [-0.2, 0) is 14.3 Å². The van der Waals surface area contributed by atoms with Crippen LogP contribution in [0.25, 0.3) is 5.76 Å². The van der Waals surface area contributed by atoms with E-state index in [1.165, 1.54) is 4.90 Å². The molecule has 0 aromatic heterocycles. The van der Waals surface area contributed by atoms with E-state index in [-0.39, 0.29) is 17.4 Å². The minimum Gasteiger partial charge on any atom is -0.507 e. The van der Waals surface area contributed by atoms with Crippen LogP contribution < -0.4 is 4.74 Å². The van der Waals surface area contributed by atoms with Crippen molar-refractivity contribution in [3.05, 3.63) is 70.3 Å². The summed E-state index contributed by atoms with van der Waals surface area (Å²) >= 11 is 0. The SMILES string of the molecule is CCOc1cccc(C2/C(=C(/O)c3ccc(C)c(C)c3)C(=O)C(=O)N2CC2CCCO2)c1. The summed E-state index contributed by atoms with van der Waals surface area (Å²) in [4.78, 5) is 27.8. The average Bonchev–Trinajstić information content (AvgIpc) is 3.38. The Balaban J connectivity index is 1.84. The highest BCUT2D eigenvalue weighted by Crippen LogP contribution is 2.41. The predicted octanol–water partition coefficient (Wildman–Crippen LogP) is 4.30. The van der Waals surface area contributed by atoms with Gasteiger partial charge in [0.25, 0.3) is 11.7 Å². The van der Waals surface area contributed by atoms with Gasteiger partial charge in [0.05, 0.1) is 24.3 Å². The molecule has 6 nitrogen and oxygen atoms in total. The molecule has 0 spiro atoms. The fraction of sp³-hybridized carbons (Fsp3) is 0.385. The van der Waals surface area contributed by atoms with Gasteiger partial charge in [-0.1, -0.05) is 24.3 Å². The van der Waals surface area contributed by atoms with Crippen LogP contribution in [0, 0.1) is 13.8 Å². The van der Waals surface area contributed by atoms with Crippen LogP contribution in [0.3, 0.4) is 0 Å². The molecule has 168 valence electrons. The summed E-state index contributed by atoms with van der Waals surface area (Å²) in [7, 11) is 0. The number of aryl methyl sites for hydroxylation is 2. The predicted molar refractivity (Wildman–Crippen MR) is 122 cm³/mol. The van der Waals surface area contributed by atoms with Gasteiger partial charge < -0.3 is 19.5 Å². The van der Waals surface area contributed by atoms with E-state index in [4.69, 9.17) is 9.47 Å². The summed E-state index contributed by atoms with van der Waals surface area (Å²) in [5.74, 6) is -0.796. The number of Topliss-reactive ketones (excluding diaryl/α,β-unsaturated/α-hetero) is 1. The molecule has 1 N–H and O–H groups in total. The number of hydrogen-bond donors (Lipinski definition) is 1. The van der Waals surface area contributed by atoms with Gasteiger partial charge in [0.2, 0.25) is 0 Å². The molecular formula is C26H29NO5. The van der Waals surface area contributed by atoms with Gasteiger partial charge in [0.1, 0.15) is 11.5 Å². The standard InChI is InChI=1S/C26H29NO5/c1-4-31-20-8-5-7-18(14-20)23-22(24(28)19-11-10-16(2)17(3)13-19)25(29)26(30)27(23)15-21-9-6-12-32-21/h5,7-8,10-11,13-14,21,23,28H,4,6,9,12,15H2,1-3H3/b24-22-. The van der Waals surface area contributed by atoms with Gasteiger partial charge in [0.15, 0.2) is 0 Å². The molecule has 2 atom stereocenters. The maximum Gasteiger partial charge on any atom is 0.295 e. The molecule has 2 fully saturated rings. The summed E-state index contributed by atoms with van der Waals surface area (Å²) in [6.07, 6.45) is 1.65. The number of ketones is 1. The van der Waals surface area contributed by atoms with Crippen molar-refractivity contribution in [2.45, 2.75) is 45.8 Å². The van der Waals surface area contributed by atoms with E-state index in [1.54, 1.807) is 6.07 Å². The van der Waals surface area contributed by atoms with Crippen LogP contribution in [0.4, 0.5) is 0 Å². The van der Waals surface area contributed by atoms with Crippen molar-refractivity contribution in [1.82, 2.24) is 4.90 Å². The number of amides is 1. The average molecular weight is 436 g/mol. The van der Waals surface area contributed by atoms with Crippen LogP contribution >= 0.6 is 0 Å². The molecule has 2 aromatic carbocycles. The number of likely N-dealkylation sites (tertiary alicyclic amines) is 1. The highest BCUT2D eigenvalue weighted by atomic mass is 16.5. The minimum atomic E-state index is -0.707. The highest BCUT2D eigenvalue weighted by molar-refractivity contribution is 6.46. The zero-order valence-electron chi connectivity index (χ0n) is 18.8. The monoisotopic (exact) mass is 435 g/mol. The third-order valence-electron chi connectivity index (χ3n) is 6.23. The first-order valence-electron chi connectivity index (χ1n) is 11.1. The molecule has 0 radical (unpaired) electrons. The zero-order valence-corrected chi connectivity index (χ0v) is 18.8. The van der Waals surface area contributed by atoms with Crippen molar-refractivity contribution in [2.75, 3.05) is 19.8 Å². The summed E-state index contributed by atoms with van der Waals surface area (Å²) in [5.41, 5.74) is 3.43. The Morgan fingerprint density at radius 3 is 2.66 bits per heavy atom. The van der Waals surface area contributed by atoms with Gasteiger partial charge in [0, 0.05) is 18.7 Å². The summed E-state index contributed by atoms with van der Waals surface area (Å²) in [6.45, 7) is 7.29. The minimum absolute atomic E-state index is 0.102. The van der Waals surface area contributed by atoms with Gasteiger partial charge in [-0.2, -0.15) is 0 Å². The van der Waals surface area contributed by atoms with E-state index in [2.05, 4.69) is 0 Å². The molecule has 32 heavy (non-hydrogen) atoms. The summed E-state index contributed by atoms with van der Waals surface area (Å²) in [5, 5.41) is 11.2. The van der Waals surface area contributed by atoms with Crippen LogP contribution in [0.5, 0.6) is 5.75 Å². The molecule has 0 saturated carbocycles. The van der Waals surface area contributed by atoms with Crippen LogP contribution in [-0.4, -0.2) is 47.6 Å². The fourth-order valence-electron chi connectivity index (χ4n) is 4.41. The zero-order chi connectivity index (χ0) is 22.8. The van der Waals surface area contributed by atoms with Gasteiger partial charge >= 0.3 is 0 Å². The molecule has 2 aliphatic rings. The number of carbonyl (C=O) groups excluding carboxylic acids is 2. The van der Waals surface area contributed by atoms with Crippen LogP contribution in [0.2, 0.25) is 0 Å². The first-order valence-corrected chi connectivity index (χ1v) is 11.1. The van der Waals surface area contributed by atoms with Gasteiger partial charge in [-0.05, 0) is 68.5 Å². The second kappa shape index (κ2) is 9.17. The van der Waals surface area contributed by atoms with E-state index >= 15 is 0 Å². The summed E-state index contributed by atoms with van der Waals surface area (Å²) < 4.78 is 11.4. The van der Waals surface area contributed by atoms with E-state index in [9.17, 15) is 14.7 Å². The Morgan fingerprint density at radius 1 is 1.16 bits per heavy atom. The van der Waals surface area contributed by atoms with Gasteiger partial charge in [-0.3, -0.25) is 9.59 Å². The summed E-state index contributed by atoms with van der Waals surface area (Å²) in [6, 6.07) is 12.2. The molecule has 0 aliphatic carbocycles. The van der Waals surface area contributed by atoms with Crippen LogP contribution in [0.15, 0.2) is 48.0 Å². The molecule has 0 bridgehead atoms. The van der Waals surface area contributed by atoms with E-state index in [1.807, 2.05) is 57.2 Å². The van der Waals surface area contributed by atoms with Crippen LogP contribution in [0.1, 0.15) is 48.1 Å². The van der Waals surface area contributed by atoms with Crippen molar-refractivity contribution < 1.29 is 24.2 Å². The molecule has 4 rings (SSSR count). The van der Waals surface area contributed by atoms with Crippen molar-refractivity contribution in [1.29, 1.82) is 0 Å². The highest BCUT2D eigenvalue weighted by Gasteiger charge is 2.47. The lowest BCUT2D eigenvalue weighted by Gasteiger charge is -2.27. The largest absolute Gasteiger partial charge is 0.507 e. The Bertz CT molecular complexity index is 1070. The number of benzene rings is 2. The smallest absolute Gasteiger partial charge is 0.295 e. The maximum absolute atomic E-state index is 13.2. The van der Waals surface area contributed by atoms with Crippen molar-refractivity contribution >= 4 is 17.4 Å². The molecule has 2 aromatic rings. The first-order chi connectivity index (χ1) is 15.4. The number of aliphatic hydroxyl groups is 1. The van der Waals surface area contributed by atoms with Crippen molar-refractivity contribution in [2.24, 2.45) is 0 Å². The van der Waals surface area contributed by atoms with Crippen molar-refractivity contribution in [3.8, 4) is 5.75 Å². The fourth-order valence-corrected chi connectivity index (χ4v) is 4.41. The van der Waals surface area contributed by atoms with Crippen molar-refractivity contribution in [3.63, 3.8) is 0 Å². The second-order valence-corrected chi connectivity index (χ2v) is 8.39. The lowest BCUT2D eigenvalue weighted by molar-refractivity contribution is -0.140. The van der Waals surface area contributed by atoms with E-state index < -0.39 is 17.7 Å². The molecule has 2 unspecified atom stereocenters. The van der Waals surface area contributed by atoms with E-state index in [0.717, 1.165) is 29.5 Å². The lowest BCUT2D eigenvalue weighted by atomic mass is 9.94. The quantitative estimate of drug-likeness (QED) is 0.416. The Hall–Kier alpha value is -3.12. The maximum atomic E-state index is 13.2. The molecule has 6 heteroatoms. The van der Waals surface area contributed by atoms with E-state index in [0.29, 0.717) is 31.1 Å². The molecule has 2 saturated heterocycles. The molecule has 1 amide bonds. The normalized spacial score (nSPS) is 22.5. The Kier molecular flexibility index (Phi) is 6.33. The third-order valence-corrected chi connectivity index (χ3v) is 6.23. The number of nitrogens with zero attached hydrogens (tertiary/aromatic N) is 1. The third kappa shape index (κ3) is 4.15. The number of carbonyl (C=O) groups is 2. The number of ether oxygens (including phenoxy) is 2. The first kappa shape index (κ1) is 22.1. The molecule has 2 aliphatic heterocycles. The second-order valence-electron chi connectivity index (χ2n) is 8.39. The lowest BCUT2D eigenvalue weighted by Crippen LogP contribution is -2.36. The number of rotatable bonds is 6. The number of hydrogen-bond acceptors (Lipinski definition) is 5. The molecular weight excluding hydrogens is 406 g/mol. The number of aliphatic hydroxyl groups excluding tert-OH is 1. The van der Waals surface area contributed by atoms with Gasteiger partial charge in [-0.25, -0.2) is 0 Å². The Labute approximate surface area is 188 Å². The topological polar surface area (TPSA) is 76.1 Å². The van der Waals surface area contributed by atoms with Gasteiger partial charge in [-0.15, -0.1) is 0 Å². The Morgan fingerprint density at radius 2 is 1.97 bits per heavy atom.